The summed E-state index contributed by atoms with van der Waals surface area (Å²) in [6.45, 7) is 2.96. The van der Waals surface area contributed by atoms with Crippen molar-refractivity contribution in [2.75, 3.05) is 6.61 Å². The third-order valence-electron chi connectivity index (χ3n) is 2.78. The van der Waals surface area contributed by atoms with Gasteiger partial charge in [-0.25, -0.2) is 4.79 Å². The quantitative estimate of drug-likeness (QED) is 0.786. The molecule has 1 saturated carbocycles. The van der Waals surface area contributed by atoms with E-state index >= 15 is 0 Å². The Bertz CT molecular complexity index is 254. The molecule has 2 heterocycles. The van der Waals surface area contributed by atoms with Gasteiger partial charge in [0, 0.05) is 18.7 Å². The van der Waals surface area contributed by atoms with Gasteiger partial charge in [-0.3, -0.25) is 0 Å². The number of alkyl halides is 3. The van der Waals surface area contributed by atoms with E-state index in [-0.39, 0.29) is 0 Å². The molecular formula is C10H16F3NO3. The highest BCUT2D eigenvalue weighted by atomic mass is 19.4. The van der Waals surface area contributed by atoms with Crippen molar-refractivity contribution in [1.82, 2.24) is 5.32 Å². The zero-order valence-corrected chi connectivity index (χ0v) is 9.46. The average molecular weight is 255 g/mol. The van der Waals surface area contributed by atoms with E-state index in [2.05, 4.69) is 12.2 Å². The second-order valence-electron chi connectivity index (χ2n) is 4.15. The van der Waals surface area contributed by atoms with Crippen LogP contribution in [-0.2, 0) is 9.53 Å². The van der Waals surface area contributed by atoms with Crippen molar-refractivity contribution >= 4 is 5.97 Å². The SMILES string of the molecule is CCOC1CC2CC(C1)N2.O=C(O)C(F)(F)F. The molecule has 0 aromatic carbocycles. The van der Waals surface area contributed by atoms with E-state index in [1.807, 2.05) is 0 Å². The second-order valence-corrected chi connectivity index (χ2v) is 4.15. The normalized spacial score (nSPS) is 30.9. The zero-order valence-electron chi connectivity index (χ0n) is 9.46. The van der Waals surface area contributed by atoms with Crippen LogP contribution in [0.1, 0.15) is 26.2 Å². The molecule has 0 amide bonds. The summed E-state index contributed by atoms with van der Waals surface area (Å²) < 4.78 is 37.3. The lowest BCUT2D eigenvalue weighted by Gasteiger charge is -2.46. The number of halogens is 3. The Balaban J connectivity index is 0.000000185. The van der Waals surface area contributed by atoms with Gasteiger partial charge in [0.15, 0.2) is 0 Å². The van der Waals surface area contributed by atoms with E-state index in [1.165, 1.54) is 19.3 Å². The minimum atomic E-state index is -5.08. The Morgan fingerprint density at radius 1 is 1.35 bits per heavy atom. The fraction of sp³-hybridized carbons (Fsp3) is 0.900. The molecule has 4 nitrogen and oxygen atoms in total. The molecule has 3 fully saturated rings. The predicted octanol–water partition coefficient (Wildman–Crippen LogP) is 1.55. The summed E-state index contributed by atoms with van der Waals surface area (Å²) in [5, 5.41) is 10.6. The van der Waals surface area contributed by atoms with E-state index < -0.39 is 12.1 Å². The Morgan fingerprint density at radius 2 is 1.76 bits per heavy atom. The Morgan fingerprint density at radius 3 is 2.06 bits per heavy atom. The maximum Gasteiger partial charge on any atom is 0.490 e. The zero-order chi connectivity index (χ0) is 13.1. The Hall–Kier alpha value is -0.820. The molecule has 2 aliphatic heterocycles. The minimum absolute atomic E-state index is 0.565. The molecule has 17 heavy (non-hydrogen) atoms. The van der Waals surface area contributed by atoms with Crippen molar-refractivity contribution in [1.29, 1.82) is 0 Å². The molecule has 1 aliphatic carbocycles. The molecule has 100 valence electrons. The summed E-state index contributed by atoms with van der Waals surface area (Å²) in [5.41, 5.74) is 0. The molecule has 3 aliphatic rings. The van der Waals surface area contributed by atoms with Crippen LogP contribution >= 0.6 is 0 Å². The van der Waals surface area contributed by atoms with Gasteiger partial charge in [0.1, 0.15) is 0 Å². The summed E-state index contributed by atoms with van der Waals surface area (Å²) in [6.07, 6.45) is -0.645. The fourth-order valence-corrected chi connectivity index (χ4v) is 2.08. The van der Waals surface area contributed by atoms with Crippen LogP contribution in [0.3, 0.4) is 0 Å². The van der Waals surface area contributed by atoms with Crippen molar-refractivity contribution in [2.45, 2.75) is 50.6 Å². The number of aliphatic carboxylic acids is 1. The second kappa shape index (κ2) is 5.68. The first-order valence-corrected chi connectivity index (χ1v) is 5.50. The largest absolute Gasteiger partial charge is 0.490 e. The molecule has 2 unspecified atom stereocenters. The van der Waals surface area contributed by atoms with Gasteiger partial charge >= 0.3 is 12.1 Å². The molecule has 2 bridgehead atoms. The summed E-state index contributed by atoms with van der Waals surface area (Å²) in [7, 11) is 0. The van der Waals surface area contributed by atoms with E-state index in [9.17, 15) is 13.2 Å². The molecule has 2 saturated heterocycles. The highest BCUT2D eigenvalue weighted by molar-refractivity contribution is 5.73. The first kappa shape index (κ1) is 14.2. The van der Waals surface area contributed by atoms with E-state index in [0.29, 0.717) is 6.10 Å². The summed E-state index contributed by atoms with van der Waals surface area (Å²) in [4.78, 5) is 8.90. The number of fused-ring (bicyclic) bond motifs is 2. The molecule has 0 aromatic heterocycles. The minimum Gasteiger partial charge on any atom is -0.475 e. The van der Waals surface area contributed by atoms with Crippen molar-refractivity contribution in [3.63, 3.8) is 0 Å². The Labute approximate surface area is 97.1 Å². The van der Waals surface area contributed by atoms with Gasteiger partial charge in [-0.15, -0.1) is 0 Å². The molecule has 2 N–H and O–H groups in total. The van der Waals surface area contributed by atoms with Gasteiger partial charge in [-0.2, -0.15) is 13.2 Å². The first-order chi connectivity index (χ1) is 7.82. The van der Waals surface area contributed by atoms with Gasteiger partial charge in [0.05, 0.1) is 6.10 Å². The van der Waals surface area contributed by atoms with Gasteiger partial charge in [-0.05, 0) is 26.2 Å². The molecule has 0 spiro atoms. The smallest absolute Gasteiger partial charge is 0.475 e. The third-order valence-corrected chi connectivity index (χ3v) is 2.78. The number of carboxylic acid groups (broad SMARTS) is 1. The van der Waals surface area contributed by atoms with Crippen molar-refractivity contribution in [2.24, 2.45) is 0 Å². The lowest BCUT2D eigenvalue weighted by Crippen LogP contribution is -2.59. The highest BCUT2D eigenvalue weighted by Crippen LogP contribution is 2.29. The lowest BCUT2D eigenvalue weighted by molar-refractivity contribution is -0.192. The van der Waals surface area contributed by atoms with Crippen LogP contribution in [0.5, 0.6) is 0 Å². The first-order valence-electron chi connectivity index (χ1n) is 5.50. The van der Waals surface area contributed by atoms with Crippen LogP contribution in [0.2, 0.25) is 0 Å². The molecule has 2 atom stereocenters. The van der Waals surface area contributed by atoms with Crippen LogP contribution in [0.25, 0.3) is 0 Å². The van der Waals surface area contributed by atoms with Gasteiger partial charge in [0.2, 0.25) is 0 Å². The van der Waals surface area contributed by atoms with Crippen LogP contribution in [0, 0.1) is 0 Å². The summed E-state index contributed by atoms with van der Waals surface area (Å²) in [5.74, 6) is -2.76. The monoisotopic (exact) mass is 255 g/mol. The predicted molar refractivity (Wildman–Crippen MR) is 53.7 cm³/mol. The number of nitrogens with one attached hydrogen (secondary N) is 1. The van der Waals surface area contributed by atoms with E-state index in [1.54, 1.807) is 0 Å². The highest BCUT2D eigenvalue weighted by Gasteiger charge is 2.38. The Kier molecular flexibility index (Phi) is 4.76. The number of carboxylic acids is 1. The van der Waals surface area contributed by atoms with Gasteiger partial charge in [0.25, 0.3) is 0 Å². The number of hydrogen-bond donors (Lipinski definition) is 2. The third kappa shape index (κ3) is 4.51. The number of piperidine rings is 1. The maximum absolute atomic E-state index is 10.6. The van der Waals surface area contributed by atoms with Crippen LogP contribution in [0.15, 0.2) is 0 Å². The van der Waals surface area contributed by atoms with Gasteiger partial charge in [-0.1, -0.05) is 0 Å². The van der Waals surface area contributed by atoms with Crippen molar-refractivity contribution in [3.8, 4) is 0 Å². The van der Waals surface area contributed by atoms with Crippen molar-refractivity contribution < 1.29 is 27.8 Å². The van der Waals surface area contributed by atoms with Crippen molar-refractivity contribution in [3.05, 3.63) is 0 Å². The number of rotatable bonds is 2. The molecule has 0 aromatic rings. The topological polar surface area (TPSA) is 58.6 Å². The summed E-state index contributed by atoms with van der Waals surface area (Å²) >= 11 is 0. The number of carbonyl (C=O) groups is 1. The summed E-state index contributed by atoms with van der Waals surface area (Å²) in [6, 6.07) is 1.57. The fourth-order valence-electron chi connectivity index (χ4n) is 2.08. The molecule has 0 radical (unpaired) electrons. The molecular weight excluding hydrogens is 239 g/mol. The van der Waals surface area contributed by atoms with Gasteiger partial charge < -0.3 is 15.2 Å². The van der Waals surface area contributed by atoms with E-state index in [0.717, 1.165) is 18.7 Å². The molecule has 7 heteroatoms. The van der Waals surface area contributed by atoms with Crippen LogP contribution in [-0.4, -0.2) is 42.0 Å². The average Bonchev–Trinajstić information content (AvgIpc) is 2.16. The van der Waals surface area contributed by atoms with Crippen LogP contribution < -0.4 is 5.32 Å². The molecule has 3 rings (SSSR count). The van der Waals surface area contributed by atoms with Crippen LogP contribution in [0.4, 0.5) is 13.2 Å². The standard InChI is InChI=1S/C8H15NO.C2HF3O2/c1-2-10-8-4-6-3-7(5-8)9-6;3-2(4,5)1(6)7/h6-9H,2-5H2,1H3;(H,6,7). The van der Waals surface area contributed by atoms with E-state index in [4.69, 9.17) is 14.6 Å². The lowest BCUT2D eigenvalue weighted by atomic mass is 9.81. The number of ether oxygens (including phenoxy) is 1. The number of hydrogen-bond acceptors (Lipinski definition) is 3. The maximum atomic E-state index is 10.6.